The molecular weight excluding hydrogens is 538 g/mol. The standard InChI is InChI=1S/C20H20N.C5H8O2.Ir/c1-12-7-6-8-17(15(12)4)19-10-9-18-16(5)14(3)13(2)11-20(18)21-19;1-4(6)3-5(2)7;/h6-7,9-11H,1-5H3;3,6H,1-2H3;/q-1;;/b;4-3-;. The fraction of sp³-hybridized carbons (Fsp3) is 0.280. The van der Waals surface area contributed by atoms with Crippen LogP contribution < -0.4 is 0 Å². The summed E-state index contributed by atoms with van der Waals surface area (Å²) >= 11 is 0. The molecule has 1 heterocycles. The van der Waals surface area contributed by atoms with E-state index in [1.807, 2.05) is 6.07 Å². The predicted octanol–water partition coefficient (Wildman–Crippen LogP) is 6.28. The van der Waals surface area contributed by atoms with Crippen molar-refractivity contribution in [3.63, 3.8) is 0 Å². The Bertz CT molecular complexity index is 1060. The summed E-state index contributed by atoms with van der Waals surface area (Å²) in [6.45, 7) is 13.6. The second kappa shape index (κ2) is 10.5. The van der Waals surface area contributed by atoms with Crippen LogP contribution >= 0.6 is 0 Å². The average Bonchev–Trinajstić information content (AvgIpc) is 2.61. The van der Waals surface area contributed by atoms with Gasteiger partial charge in [-0.15, -0.1) is 34.9 Å². The molecular formula is C25H28IrNO2-. The molecule has 0 saturated carbocycles. The van der Waals surface area contributed by atoms with Crippen LogP contribution in [0.25, 0.3) is 22.2 Å². The molecule has 1 N–H and O–H groups in total. The quantitative estimate of drug-likeness (QED) is 0.226. The monoisotopic (exact) mass is 567 g/mol. The molecule has 0 amide bonds. The van der Waals surface area contributed by atoms with E-state index in [0.29, 0.717) is 0 Å². The maximum atomic E-state index is 10.0. The molecule has 3 rings (SSSR count). The van der Waals surface area contributed by atoms with E-state index < -0.39 is 0 Å². The van der Waals surface area contributed by atoms with E-state index in [-0.39, 0.29) is 31.6 Å². The topological polar surface area (TPSA) is 50.2 Å². The van der Waals surface area contributed by atoms with Crippen LogP contribution in [0.1, 0.15) is 41.7 Å². The number of carbonyl (C=O) groups is 1. The summed E-state index contributed by atoms with van der Waals surface area (Å²) in [4.78, 5) is 14.9. The van der Waals surface area contributed by atoms with E-state index in [4.69, 9.17) is 10.1 Å². The molecule has 0 atom stereocenters. The van der Waals surface area contributed by atoms with Gasteiger partial charge in [0, 0.05) is 31.6 Å². The summed E-state index contributed by atoms with van der Waals surface area (Å²) in [5.74, 6) is -0.0625. The van der Waals surface area contributed by atoms with Gasteiger partial charge in [0.2, 0.25) is 0 Å². The van der Waals surface area contributed by atoms with Crippen molar-refractivity contribution in [1.82, 2.24) is 4.98 Å². The van der Waals surface area contributed by atoms with E-state index in [1.54, 1.807) is 0 Å². The first-order valence-corrected chi connectivity index (χ1v) is 9.35. The first-order valence-electron chi connectivity index (χ1n) is 9.35. The van der Waals surface area contributed by atoms with Crippen molar-refractivity contribution in [2.75, 3.05) is 0 Å². The zero-order chi connectivity index (χ0) is 21.0. The van der Waals surface area contributed by atoms with Crippen LogP contribution in [0.5, 0.6) is 0 Å². The van der Waals surface area contributed by atoms with E-state index in [9.17, 15) is 4.79 Å². The van der Waals surface area contributed by atoms with Gasteiger partial charge < -0.3 is 5.11 Å². The number of hydrogen-bond donors (Lipinski definition) is 1. The van der Waals surface area contributed by atoms with Gasteiger partial charge >= 0.3 is 0 Å². The average molecular weight is 567 g/mol. The van der Waals surface area contributed by atoms with Gasteiger partial charge in [0.15, 0.2) is 5.78 Å². The summed E-state index contributed by atoms with van der Waals surface area (Å²) in [7, 11) is 0. The number of rotatable bonds is 2. The number of aryl methyl sites for hydroxylation is 3. The number of carbonyl (C=O) groups excluding carboxylic acids is 1. The Hall–Kier alpha value is -2.29. The van der Waals surface area contributed by atoms with Gasteiger partial charge in [-0.1, -0.05) is 26.0 Å². The van der Waals surface area contributed by atoms with Crippen LogP contribution in [-0.4, -0.2) is 15.9 Å². The molecule has 0 fully saturated rings. The third-order valence-electron chi connectivity index (χ3n) is 5.03. The smallest absolute Gasteiger partial charge is 0.155 e. The molecule has 3 nitrogen and oxygen atoms in total. The second-order valence-corrected chi connectivity index (χ2v) is 7.26. The number of pyridine rings is 1. The molecule has 0 unspecified atom stereocenters. The molecule has 0 spiro atoms. The van der Waals surface area contributed by atoms with Crippen LogP contribution in [0.3, 0.4) is 0 Å². The first kappa shape index (κ1) is 24.7. The second-order valence-electron chi connectivity index (χ2n) is 7.26. The van der Waals surface area contributed by atoms with Crippen molar-refractivity contribution < 1.29 is 30.0 Å². The number of fused-ring (bicyclic) bond motifs is 1. The van der Waals surface area contributed by atoms with Crippen LogP contribution in [0, 0.1) is 40.7 Å². The third kappa shape index (κ3) is 6.09. The van der Waals surface area contributed by atoms with Crippen molar-refractivity contribution in [3.05, 3.63) is 76.1 Å². The summed E-state index contributed by atoms with van der Waals surface area (Å²) in [6, 6.07) is 13.9. The van der Waals surface area contributed by atoms with Crippen LogP contribution in [-0.2, 0) is 24.9 Å². The maximum absolute atomic E-state index is 10.0. The molecule has 29 heavy (non-hydrogen) atoms. The molecule has 0 aliphatic rings. The molecule has 0 bridgehead atoms. The van der Waals surface area contributed by atoms with Gasteiger partial charge in [-0.05, 0) is 63.1 Å². The van der Waals surface area contributed by atoms with Gasteiger partial charge in [-0.3, -0.25) is 9.78 Å². The normalized spacial score (nSPS) is 10.8. The SMILES string of the molecule is CC(=O)/C=C(/C)O.Cc1cc[c-]c(-c2ccc3c(C)c(C)c(C)cc3n2)c1C.[Ir]. The number of nitrogens with zero attached hydrogens (tertiary/aromatic N) is 1. The fourth-order valence-corrected chi connectivity index (χ4v) is 3.09. The van der Waals surface area contributed by atoms with Gasteiger partial charge in [0.1, 0.15) is 0 Å². The van der Waals surface area contributed by atoms with Gasteiger partial charge in [0.25, 0.3) is 0 Å². The Morgan fingerprint density at radius 2 is 1.62 bits per heavy atom. The molecule has 155 valence electrons. The van der Waals surface area contributed by atoms with Gasteiger partial charge in [-0.25, -0.2) is 0 Å². The fourth-order valence-electron chi connectivity index (χ4n) is 3.09. The molecule has 3 aromatic rings. The molecule has 0 aliphatic heterocycles. The van der Waals surface area contributed by atoms with Crippen LogP contribution in [0.15, 0.2) is 42.2 Å². The van der Waals surface area contributed by atoms with Crippen LogP contribution in [0.2, 0.25) is 0 Å². The Kier molecular flexibility index (Phi) is 8.94. The summed E-state index contributed by atoms with van der Waals surface area (Å²) < 4.78 is 0. The summed E-state index contributed by atoms with van der Waals surface area (Å²) in [5.41, 5.74) is 9.70. The Labute approximate surface area is 187 Å². The molecule has 1 radical (unpaired) electrons. The summed E-state index contributed by atoms with van der Waals surface area (Å²) in [6.07, 6.45) is 1.17. The molecule has 0 aliphatic carbocycles. The first-order chi connectivity index (χ1) is 13.1. The Balaban J connectivity index is 0.000000456. The zero-order valence-electron chi connectivity index (χ0n) is 18.1. The van der Waals surface area contributed by atoms with Crippen molar-refractivity contribution in [2.45, 2.75) is 48.5 Å². The number of aromatic nitrogens is 1. The van der Waals surface area contributed by atoms with E-state index in [0.717, 1.165) is 16.8 Å². The minimum atomic E-state index is -0.125. The number of benzene rings is 2. The number of ketones is 1. The van der Waals surface area contributed by atoms with E-state index in [2.05, 4.69) is 65.0 Å². The van der Waals surface area contributed by atoms with Crippen LogP contribution in [0.4, 0.5) is 0 Å². The van der Waals surface area contributed by atoms with Crippen molar-refractivity contribution in [3.8, 4) is 11.3 Å². The van der Waals surface area contributed by atoms with Crippen molar-refractivity contribution >= 4 is 16.7 Å². The molecule has 2 aromatic carbocycles. The van der Waals surface area contributed by atoms with Gasteiger partial charge in [-0.2, -0.15) is 0 Å². The molecule has 4 heteroatoms. The number of hydrogen-bond acceptors (Lipinski definition) is 3. The van der Waals surface area contributed by atoms with Crippen molar-refractivity contribution in [1.29, 1.82) is 0 Å². The van der Waals surface area contributed by atoms with Crippen molar-refractivity contribution in [2.24, 2.45) is 0 Å². The maximum Gasteiger partial charge on any atom is 0.155 e. The number of allylic oxidation sites excluding steroid dienone is 2. The minimum Gasteiger partial charge on any atom is -0.512 e. The zero-order valence-corrected chi connectivity index (χ0v) is 20.5. The minimum absolute atomic E-state index is 0. The Morgan fingerprint density at radius 3 is 2.17 bits per heavy atom. The predicted molar refractivity (Wildman–Crippen MR) is 117 cm³/mol. The molecule has 1 aromatic heterocycles. The summed E-state index contributed by atoms with van der Waals surface area (Å²) in [5, 5.41) is 9.61. The van der Waals surface area contributed by atoms with E-state index >= 15 is 0 Å². The van der Waals surface area contributed by atoms with Gasteiger partial charge in [0.05, 0.1) is 11.3 Å². The third-order valence-corrected chi connectivity index (χ3v) is 5.03. The number of aliphatic hydroxyl groups excluding tert-OH is 1. The molecule has 0 saturated heterocycles. The number of aliphatic hydroxyl groups is 1. The van der Waals surface area contributed by atoms with E-state index in [1.165, 1.54) is 53.1 Å². The largest absolute Gasteiger partial charge is 0.512 e. The Morgan fingerprint density at radius 1 is 0.966 bits per heavy atom.